The van der Waals surface area contributed by atoms with E-state index >= 15 is 0 Å². The highest BCUT2D eigenvalue weighted by molar-refractivity contribution is 5.82. The van der Waals surface area contributed by atoms with Crippen LogP contribution in [0.5, 0.6) is 0 Å². The minimum absolute atomic E-state index is 0.655. The number of nitrogens with one attached hydrogen (secondary N) is 1. The summed E-state index contributed by atoms with van der Waals surface area (Å²) in [6, 6.07) is 0.655. The molecule has 2 heteroatoms. The molecule has 2 bridgehead atoms. The summed E-state index contributed by atoms with van der Waals surface area (Å²) in [7, 11) is 0. The van der Waals surface area contributed by atoms with Crippen LogP contribution in [-0.2, 0) is 0 Å². The average molecular weight is 234 g/mol. The maximum atomic E-state index is 4.70. The second-order valence-electron chi connectivity index (χ2n) is 6.41. The maximum Gasteiger partial charge on any atom is 0.0965 e. The van der Waals surface area contributed by atoms with Crippen LogP contribution in [0, 0.1) is 17.8 Å². The first-order chi connectivity index (χ1) is 8.33. The number of rotatable bonds is 2. The van der Waals surface area contributed by atoms with Crippen molar-refractivity contribution in [3.05, 3.63) is 0 Å². The van der Waals surface area contributed by atoms with Gasteiger partial charge in [0, 0.05) is 19.0 Å². The summed E-state index contributed by atoms with van der Waals surface area (Å²) < 4.78 is 0. The Hall–Kier alpha value is -0.530. The van der Waals surface area contributed by atoms with Crippen LogP contribution in [-0.4, -0.2) is 18.4 Å². The monoisotopic (exact) mass is 234 g/mol. The van der Waals surface area contributed by atoms with E-state index in [0.717, 1.165) is 24.3 Å². The molecule has 17 heavy (non-hydrogen) atoms. The zero-order valence-electron chi connectivity index (χ0n) is 11.1. The van der Waals surface area contributed by atoms with Gasteiger partial charge in [0.25, 0.3) is 0 Å². The topological polar surface area (TPSA) is 24.4 Å². The molecule has 2 saturated carbocycles. The molecule has 4 atom stereocenters. The molecular weight excluding hydrogens is 208 g/mol. The lowest BCUT2D eigenvalue weighted by Gasteiger charge is -2.29. The van der Waals surface area contributed by atoms with Crippen LogP contribution in [0.15, 0.2) is 4.99 Å². The van der Waals surface area contributed by atoms with Crippen molar-refractivity contribution < 1.29 is 0 Å². The lowest BCUT2D eigenvalue weighted by Crippen LogP contribution is -2.40. The molecule has 0 radical (unpaired) electrons. The molecule has 1 heterocycles. The van der Waals surface area contributed by atoms with E-state index in [1.54, 1.807) is 0 Å². The average Bonchev–Trinajstić information content (AvgIpc) is 2.87. The normalized spacial score (nSPS) is 38.6. The molecule has 0 unspecified atom stereocenters. The molecule has 1 aliphatic heterocycles. The summed E-state index contributed by atoms with van der Waals surface area (Å²) in [6.45, 7) is 3.44. The maximum absolute atomic E-state index is 4.70. The van der Waals surface area contributed by atoms with Gasteiger partial charge in [0.1, 0.15) is 0 Å². The summed E-state index contributed by atoms with van der Waals surface area (Å²) in [5.74, 6) is 4.32. The number of aliphatic imine (C=N–C) groups is 1. The van der Waals surface area contributed by atoms with Gasteiger partial charge >= 0.3 is 0 Å². The van der Waals surface area contributed by atoms with E-state index in [1.165, 1.54) is 57.2 Å². The lowest BCUT2D eigenvalue weighted by molar-refractivity contribution is 0.278. The Balaban J connectivity index is 1.55. The van der Waals surface area contributed by atoms with Gasteiger partial charge in [0.2, 0.25) is 0 Å². The quantitative estimate of drug-likeness (QED) is 0.778. The predicted octanol–water partition coefficient (Wildman–Crippen LogP) is 3.37. The third kappa shape index (κ3) is 2.51. The predicted molar refractivity (Wildman–Crippen MR) is 72.3 cm³/mol. The Morgan fingerprint density at radius 2 is 2.12 bits per heavy atom. The van der Waals surface area contributed by atoms with Gasteiger partial charge in [-0.3, -0.25) is 4.99 Å². The third-order valence-corrected chi connectivity index (χ3v) is 5.20. The van der Waals surface area contributed by atoms with Gasteiger partial charge in [-0.15, -0.1) is 0 Å². The van der Waals surface area contributed by atoms with Gasteiger partial charge in [0.15, 0.2) is 0 Å². The van der Waals surface area contributed by atoms with Gasteiger partial charge in [-0.2, -0.15) is 0 Å². The molecule has 0 aromatic rings. The molecule has 0 spiro atoms. The smallest absolute Gasteiger partial charge is 0.0965 e. The summed E-state index contributed by atoms with van der Waals surface area (Å²) >= 11 is 0. The van der Waals surface area contributed by atoms with Crippen LogP contribution >= 0.6 is 0 Å². The zero-order chi connectivity index (χ0) is 11.7. The Bertz CT molecular complexity index is 297. The summed E-state index contributed by atoms with van der Waals surface area (Å²) in [5.41, 5.74) is 0. The van der Waals surface area contributed by atoms with Crippen LogP contribution in [0.1, 0.15) is 58.3 Å². The van der Waals surface area contributed by atoms with Gasteiger partial charge in [0.05, 0.1) is 5.84 Å². The third-order valence-electron chi connectivity index (χ3n) is 5.20. The number of hydrogen-bond donors (Lipinski definition) is 1. The van der Waals surface area contributed by atoms with Crippen molar-refractivity contribution in [2.24, 2.45) is 22.7 Å². The fraction of sp³-hybridized carbons (Fsp3) is 0.933. The Morgan fingerprint density at radius 1 is 1.18 bits per heavy atom. The molecule has 0 saturated heterocycles. The van der Waals surface area contributed by atoms with E-state index in [-0.39, 0.29) is 0 Å². The Labute approximate surface area is 105 Å². The first-order valence-corrected chi connectivity index (χ1v) is 7.63. The van der Waals surface area contributed by atoms with Gasteiger partial charge in [-0.1, -0.05) is 12.8 Å². The number of hydrogen-bond acceptors (Lipinski definition) is 2. The molecule has 2 aliphatic carbocycles. The van der Waals surface area contributed by atoms with Crippen LogP contribution < -0.4 is 5.32 Å². The highest BCUT2D eigenvalue weighted by atomic mass is 15.0. The van der Waals surface area contributed by atoms with Crippen molar-refractivity contribution in [1.82, 2.24) is 5.32 Å². The zero-order valence-corrected chi connectivity index (χ0v) is 11.1. The fourth-order valence-corrected chi connectivity index (χ4v) is 4.27. The van der Waals surface area contributed by atoms with Crippen molar-refractivity contribution in [3.63, 3.8) is 0 Å². The van der Waals surface area contributed by atoms with Gasteiger partial charge < -0.3 is 5.32 Å². The van der Waals surface area contributed by atoms with E-state index in [1.807, 2.05) is 0 Å². The highest BCUT2D eigenvalue weighted by Crippen LogP contribution is 2.49. The molecule has 1 N–H and O–H groups in total. The van der Waals surface area contributed by atoms with Gasteiger partial charge in [-0.05, 0) is 56.8 Å². The first kappa shape index (κ1) is 11.6. The van der Waals surface area contributed by atoms with Crippen LogP contribution in [0.2, 0.25) is 0 Å². The molecule has 0 aromatic heterocycles. The van der Waals surface area contributed by atoms with E-state index in [2.05, 4.69) is 12.2 Å². The van der Waals surface area contributed by atoms with E-state index in [4.69, 9.17) is 4.99 Å². The largest absolute Gasteiger partial charge is 0.371 e. The standard InChI is InChI=1S/C15H26N2/c1-11(14-10-12-6-7-13(14)9-12)17-15-5-3-2-4-8-16-15/h11-14H,2-10H2,1H3,(H,16,17)/t11-,12+,13+,14+/m1/s1. The van der Waals surface area contributed by atoms with Crippen LogP contribution in [0.3, 0.4) is 0 Å². The second-order valence-corrected chi connectivity index (χ2v) is 6.41. The van der Waals surface area contributed by atoms with Crippen molar-refractivity contribution in [1.29, 1.82) is 0 Å². The molecule has 96 valence electrons. The lowest BCUT2D eigenvalue weighted by atomic mass is 9.84. The van der Waals surface area contributed by atoms with E-state index in [9.17, 15) is 0 Å². The van der Waals surface area contributed by atoms with Crippen molar-refractivity contribution >= 4 is 5.84 Å². The Morgan fingerprint density at radius 3 is 2.88 bits per heavy atom. The number of amidine groups is 1. The van der Waals surface area contributed by atoms with Crippen molar-refractivity contribution in [2.75, 3.05) is 6.54 Å². The molecular formula is C15H26N2. The molecule has 3 rings (SSSR count). The van der Waals surface area contributed by atoms with Crippen molar-refractivity contribution in [2.45, 2.75) is 64.3 Å². The summed E-state index contributed by atoms with van der Waals surface area (Å²) in [5, 5.41) is 3.74. The Kier molecular flexibility index (Phi) is 3.39. The molecule has 0 amide bonds. The number of fused-ring (bicyclic) bond motifs is 2. The fourth-order valence-electron chi connectivity index (χ4n) is 4.27. The van der Waals surface area contributed by atoms with E-state index in [0.29, 0.717) is 6.04 Å². The minimum atomic E-state index is 0.655. The SMILES string of the molecule is C[C@@H](NC1=NCCCCC1)[C@@H]1C[C@H]2CC[C@H]1C2. The molecule has 3 aliphatic rings. The van der Waals surface area contributed by atoms with E-state index < -0.39 is 0 Å². The first-order valence-electron chi connectivity index (χ1n) is 7.63. The molecule has 2 nitrogen and oxygen atoms in total. The molecule has 2 fully saturated rings. The van der Waals surface area contributed by atoms with Crippen LogP contribution in [0.25, 0.3) is 0 Å². The second kappa shape index (κ2) is 4.99. The highest BCUT2D eigenvalue weighted by Gasteiger charge is 2.41. The minimum Gasteiger partial charge on any atom is -0.371 e. The summed E-state index contributed by atoms with van der Waals surface area (Å²) in [4.78, 5) is 4.70. The van der Waals surface area contributed by atoms with Crippen LogP contribution in [0.4, 0.5) is 0 Å². The summed E-state index contributed by atoms with van der Waals surface area (Å²) in [6.07, 6.45) is 11.2. The van der Waals surface area contributed by atoms with Crippen molar-refractivity contribution in [3.8, 4) is 0 Å². The van der Waals surface area contributed by atoms with Gasteiger partial charge in [-0.25, -0.2) is 0 Å². The number of nitrogens with zero attached hydrogens (tertiary/aromatic N) is 1. The molecule has 0 aromatic carbocycles.